The van der Waals surface area contributed by atoms with Crippen LogP contribution in [0.5, 0.6) is 0 Å². The van der Waals surface area contributed by atoms with Gasteiger partial charge < -0.3 is 10.2 Å². The van der Waals surface area contributed by atoms with E-state index in [-0.39, 0.29) is 17.7 Å². The molecule has 0 spiro atoms. The number of nitrogens with zero attached hydrogens (tertiary/aromatic N) is 2. The molecule has 1 saturated heterocycles. The minimum atomic E-state index is 0.00202. The zero-order valence-corrected chi connectivity index (χ0v) is 14.5. The zero-order valence-electron chi connectivity index (χ0n) is 13.8. The Hall–Kier alpha value is -1.59. The third kappa shape index (κ3) is 4.69. The summed E-state index contributed by atoms with van der Waals surface area (Å²) in [5, 5.41) is 2.69. The molecule has 2 rings (SSSR count). The molecule has 0 aliphatic carbocycles. The zero-order chi connectivity index (χ0) is 16.8. The van der Waals surface area contributed by atoms with Crippen LogP contribution < -0.4 is 5.32 Å². The predicted octanol–water partition coefficient (Wildman–Crippen LogP) is 1.17. The van der Waals surface area contributed by atoms with Gasteiger partial charge in [0.15, 0.2) is 0 Å². The second-order valence-electron chi connectivity index (χ2n) is 5.85. The highest BCUT2D eigenvalue weighted by Crippen LogP contribution is 2.18. The van der Waals surface area contributed by atoms with E-state index in [0.717, 1.165) is 30.8 Å². The monoisotopic (exact) mass is 337 g/mol. The molecule has 1 aliphatic heterocycles. The summed E-state index contributed by atoms with van der Waals surface area (Å²) in [7, 11) is 1.66. The van der Waals surface area contributed by atoms with Gasteiger partial charge in [-0.2, -0.15) is 0 Å². The molecular weight excluding hydrogens is 314 g/mol. The summed E-state index contributed by atoms with van der Waals surface area (Å²) in [5.74, 6) is 0.0778. The van der Waals surface area contributed by atoms with Crippen LogP contribution in [-0.2, 0) is 22.6 Å². The van der Waals surface area contributed by atoms with Crippen molar-refractivity contribution >= 4 is 23.4 Å². The normalized spacial score (nSPS) is 15.5. The second-order valence-corrected chi connectivity index (χ2v) is 6.12. The van der Waals surface area contributed by atoms with E-state index in [4.69, 9.17) is 11.6 Å². The number of halogens is 1. The standard InChI is InChI=1S/C17H24ClN3O2/c1-13-4-3-5-14(15(13)10-16(22)19-2)12-20-6-8-21(9-7-20)17(23)11-18/h3-5H,6-12H2,1-2H3,(H,19,22). The van der Waals surface area contributed by atoms with E-state index >= 15 is 0 Å². The Labute approximate surface area is 142 Å². The molecule has 0 unspecified atom stereocenters. The van der Waals surface area contributed by atoms with Crippen LogP contribution in [0.4, 0.5) is 0 Å². The number of carbonyl (C=O) groups is 2. The van der Waals surface area contributed by atoms with Gasteiger partial charge in [-0.25, -0.2) is 0 Å². The first-order valence-corrected chi connectivity index (χ1v) is 8.42. The Balaban J connectivity index is 2.02. The molecule has 23 heavy (non-hydrogen) atoms. The Morgan fingerprint density at radius 3 is 2.52 bits per heavy atom. The molecule has 1 aromatic carbocycles. The lowest BCUT2D eigenvalue weighted by atomic mass is 9.98. The lowest BCUT2D eigenvalue weighted by Crippen LogP contribution is -2.48. The van der Waals surface area contributed by atoms with Gasteiger partial charge in [-0.3, -0.25) is 14.5 Å². The number of amides is 2. The Bertz CT molecular complexity index is 569. The summed E-state index contributed by atoms with van der Waals surface area (Å²) in [5.41, 5.74) is 3.43. The molecule has 1 aliphatic rings. The summed E-state index contributed by atoms with van der Waals surface area (Å²) in [6, 6.07) is 6.16. The van der Waals surface area contributed by atoms with Gasteiger partial charge in [-0.15, -0.1) is 11.6 Å². The lowest BCUT2D eigenvalue weighted by molar-refractivity contribution is -0.130. The fourth-order valence-corrected chi connectivity index (χ4v) is 3.06. The number of hydrogen-bond acceptors (Lipinski definition) is 3. The molecular formula is C17H24ClN3O2. The van der Waals surface area contributed by atoms with Crippen molar-refractivity contribution in [1.29, 1.82) is 0 Å². The average Bonchev–Trinajstić information content (AvgIpc) is 2.57. The maximum absolute atomic E-state index is 11.7. The highest BCUT2D eigenvalue weighted by molar-refractivity contribution is 6.27. The van der Waals surface area contributed by atoms with Gasteiger partial charge in [-0.1, -0.05) is 18.2 Å². The van der Waals surface area contributed by atoms with E-state index in [9.17, 15) is 9.59 Å². The molecule has 0 atom stereocenters. The Kier molecular flexibility index (Phi) is 6.42. The third-order valence-electron chi connectivity index (χ3n) is 4.36. The minimum Gasteiger partial charge on any atom is -0.359 e. The molecule has 2 amide bonds. The molecule has 1 N–H and O–H groups in total. The molecule has 126 valence electrons. The summed E-state index contributed by atoms with van der Waals surface area (Å²) < 4.78 is 0. The second kappa shape index (κ2) is 8.31. The summed E-state index contributed by atoms with van der Waals surface area (Å²) in [6.07, 6.45) is 0.406. The van der Waals surface area contributed by atoms with E-state index in [1.807, 2.05) is 24.0 Å². The SMILES string of the molecule is CNC(=O)Cc1c(C)cccc1CN1CCN(C(=O)CCl)CC1. The van der Waals surface area contributed by atoms with Gasteiger partial charge >= 0.3 is 0 Å². The number of hydrogen-bond donors (Lipinski definition) is 1. The molecule has 1 fully saturated rings. The Morgan fingerprint density at radius 2 is 1.91 bits per heavy atom. The van der Waals surface area contributed by atoms with E-state index in [1.165, 1.54) is 5.56 Å². The average molecular weight is 338 g/mol. The van der Waals surface area contributed by atoms with Crippen LogP contribution >= 0.6 is 11.6 Å². The minimum absolute atomic E-state index is 0.00202. The number of aryl methyl sites for hydroxylation is 1. The molecule has 0 radical (unpaired) electrons. The van der Waals surface area contributed by atoms with E-state index in [1.54, 1.807) is 7.05 Å². The lowest BCUT2D eigenvalue weighted by Gasteiger charge is -2.34. The predicted molar refractivity (Wildman–Crippen MR) is 91.5 cm³/mol. The highest BCUT2D eigenvalue weighted by atomic mass is 35.5. The molecule has 1 heterocycles. The van der Waals surface area contributed by atoms with Gasteiger partial charge in [0.2, 0.25) is 11.8 Å². The number of rotatable bonds is 5. The number of alkyl halides is 1. The highest BCUT2D eigenvalue weighted by Gasteiger charge is 2.21. The molecule has 5 nitrogen and oxygen atoms in total. The van der Waals surface area contributed by atoms with Gasteiger partial charge in [0.1, 0.15) is 5.88 Å². The van der Waals surface area contributed by atoms with Crippen LogP contribution in [0.1, 0.15) is 16.7 Å². The maximum Gasteiger partial charge on any atom is 0.237 e. The van der Waals surface area contributed by atoms with Crippen molar-refractivity contribution in [2.24, 2.45) is 0 Å². The van der Waals surface area contributed by atoms with E-state index in [2.05, 4.69) is 16.3 Å². The third-order valence-corrected chi connectivity index (χ3v) is 4.59. The van der Waals surface area contributed by atoms with Gasteiger partial charge in [0.25, 0.3) is 0 Å². The van der Waals surface area contributed by atoms with Crippen molar-refractivity contribution in [2.75, 3.05) is 39.1 Å². The molecule has 0 saturated carbocycles. The number of benzene rings is 1. The summed E-state index contributed by atoms with van der Waals surface area (Å²) in [4.78, 5) is 27.5. The number of nitrogens with one attached hydrogen (secondary N) is 1. The fourth-order valence-electron chi connectivity index (χ4n) is 2.89. The van der Waals surface area contributed by atoms with Crippen molar-refractivity contribution in [1.82, 2.24) is 15.1 Å². The maximum atomic E-state index is 11.7. The quantitative estimate of drug-likeness (QED) is 0.821. The van der Waals surface area contributed by atoms with Crippen LogP contribution in [0.3, 0.4) is 0 Å². The van der Waals surface area contributed by atoms with Gasteiger partial charge in [-0.05, 0) is 23.6 Å². The first kappa shape index (κ1) is 17.8. The van der Waals surface area contributed by atoms with E-state index < -0.39 is 0 Å². The smallest absolute Gasteiger partial charge is 0.237 e. The van der Waals surface area contributed by atoms with Crippen molar-refractivity contribution < 1.29 is 9.59 Å². The van der Waals surface area contributed by atoms with Crippen molar-refractivity contribution in [3.8, 4) is 0 Å². The molecule has 6 heteroatoms. The van der Waals surface area contributed by atoms with Crippen LogP contribution in [0.2, 0.25) is 0 Å². The summed E-state index contributed by atoms with van der Waals surface area (Å²) in [6.45, 7) is 5.92. The van der Waals surface area contributed by atoms with Gasteiger partial charge in [0, 0.05) is 39.8 Å². The largest absolute Gasteiger partial charge is 0.359 e. The van der Waals surface area contributed by atoms with Crippen molar-refractivity contribution in [2.45, 2.75) is 19.9 Å². The fraction of sp³-hybridized carbons (Fsp3) is 0.529. The number of piperazine rings is 1. The topological polar surface area (TPSA) is 52.7 Å². The van der Waals surface area contributed by atoms with Crippen molar-refractivity contribution in [3.63, 3.8) is 0 Å². The number of carbonyl (C=O) groups excluding carboxylic acids is 2. The molecule has 0 aromatic heterocycles. The Morgan fingerprint density at radius 1 is 1.22 bits per heavy atom. The molecule has 0 bridgehead atoms. The van der Waals surface area contributed by atoms with Crippen LogP contribution in [0, 0.1) is 6.92 Å². The molecule has 1 aromatic rings. The first-order chi connectivity index (χ1) is 11.0. The van der Waals surface area contributed by atoms with E-state index in [0.29, 0.717) is 19.5 Å². The van der Waals surface area contributed by atoms with Crippen LogP contribution in [0.15, 0.2) is 18.2 Å². The van der Waals surface area contributed by atoms with Gasteiger partial charge in [0.05, 0.1) is 6.42 Å². The van der Waals surface area contributed by atoms with Crippen LogP contribution in [0.25, 0.3) is 0 Å². The summed E-state index contributed by atoms with van der Waals surface area (Å²) >= 11 is 5.61. The first-order valence-electron chi connectivity index (χ1n) is 7.89. The van der Waals surface area contributed by atoms with Crippen LogP contribution in [-0.4, -0.2) is 60.7 Å². The number of likely N-dealkylation sites (N-methyl/N-ethyl adjacent to an activating group) is 1. The van der Waals surface area contributed by atoms with Crippen molar-refractivity contribution in [3.05, 3.63) is 34.9 Å².